The van der Waals surface area contributed by atoms with E-state index in [1.54, 1.807) is 0 Å². The minimum Gasteiger partial charge on any atom is -0.353 e. The molecular formula is C9H13F3N4. The van der Waals surface area contributed by atoms with Crippen molar-refractivity contribution in [3.63, 3.8) is 0 Å². The number of hydrogen-bond donors (Lipinski definition) is 2. The summed E-state index contributed by atoms with van der Waals surface area (Å²) < 4.78 is 36.9. The highest BCUT2D eigenvalue weighted by molar-refractivity contribution is 5.26. The molecule has 0 amide bonds. The van der Waals surface area contributed by atoms with Crippen LogP contribution in [0.3, 0.4) is 0 Å². The van der Waals surface area contributed by atoms with Crippen molar-refractivity contribution in [1.29, 1.82) is 0 Å². The number of nitrogens with one attached hydrogen (secondary N) is 1. The Morgan fingerprint density at radius 2 is 2.19 bits per heavy atom. The van der Waals surface area contributed by atoms with Crippen molar-refractivity contribution in [2.75, 3.05) is 11.9 Å². The van der Waals surface area contributed by atoms with Gasteiger partial charge < -0.3 is 11.1 Å². The number of anilines is 1. The summed E-state index contributed by atoms with van der Waals surface area (Å²) in [5.74, 6) is -0.0567. The van der Waals surface area contributed by atoms with Crippen molar-refractivity contribution >= 4 is 5.95 Å². The van der Waals surface area contributed by atoms with Gasteiger partial charge in [0.25, 0.3) is 0 Å². The van der Waals surface area contributed by atoms with Crippen LogP contribution in [0.5, 0.6) is 0 Å². The van der Waals surface area contributed by atoms with Crippen LogP contribution in [-0.4, -0.2) is 22.6 Å². The Balaban J connectivity index is 2.68. The van der Waals surface area contributed by atoms with E-state index in [4.69, 9.17) is 5.73 Å². The molecule has 0 aliphatic carbocycles. The maximum absolute atomic E-state index is 12.3. The Bertz CT molecular complexity index is 340. The normalized spacial score (nSPS) is 13.6. The second-order valence-corrected chi connectivity index (χ2v) is 3.31. The highest BCUT2D eigenvalue weighted by Crippen LogP contribution is 2.27. The Hall–Kier alpha value is -1.37. The number of rotatable bonds is 4. The molecule has 3 N–H and O–H groups in total. The molecule has 4 nitrogen and oxygen atoms in total. The molecule has 1 aromatic rings. The number of alkyl halides is 3. The molecule has 0 bridgehead atoms. The minimum atomic E-state index is -4.45. The summed E-state index contributed by atoms with van der Waals surface area (Å²) in [6.45, 7) is 2.23. The van der Waals surface area contributed by atoms with E-state index in [1.807, 2.05) is 6.92 Å². The lowest BCUT2D eigenvalue weighted by atomic mass is 10.2. The van der Waals surface area contributed by atoms with Gasteiger partial charge in [-0.05, 0) is 12.5 Å². The lowest BCUT2D eigenvalue weighted by Gasteiger charge is -2.11. The van der Waals surface area contributed by atoms with E-state index in [0.29, 0.717) is 6.54 Å². The predicted molar refractivity (Wildman–Crippen MR) is 53.8 cm³/mol. The van der Waals surface area contributed by atoms with E-state index in [-0.39, 0.29) is 12.0 Å². The molecule has 0 aliphatic rings. The second-order valence-electron chi connectivity index (χ2n) is 3.31. The van der Waals surface area contributed by atoms with Gasteiger partial charge >= 0.3 is 6.18 Å². The fourth-order valence-electron chi connectivity index (χ4n) is 0.968. The molecule has 0 radical (unpaired) electrons. The first-order valence-electron chi connectivity index (χ1n) is 4.83. The van der Waals surface area contributed by atoms with Gasteiger partial charge in [0.2, 0.25) is 5.95 Å². The highest BCUT2D eigenvalue weighted by atomic mass is 19.4. The Kier molecular flexibility index (Phi) is 4.05. The summed E-state index contributed by atoms with van der Waals surface area (Å²) in [6, 6.07) is 0.698. The molecule has 16 heavy (non-hydrogen) atoms. The molecule has 0 fully saturated rings. The van der Waals surface area contributed by atoms with E-state index in [1.165, 1.54) is 0 Å². The summed E-state index contributed by atoms with van der Waals surface area (Å²) in [5.41, 5.74) is 4.64. The van der Waals surface area contributed by atoms with Crippen LogP contribution in [0.1, 0.15) is 19.0 Å². The number of aromatic nitrogens is 2. The second kappa shape index (κ2) is 5.11. The third kappa shape index (κ3) is 3.65. The lowest BCUT2D eigenvalue weighted by Crippen LogP contribution is -2.28. The number of hydrogen-bond acceptors (Lipinski definition) is 4. The molecule has 0 spiro atoms. The Morgan fingerprint density at radius 3 is 2.75 bits per heavy atom. The molecule has 0 aromatic carbocycles. The van der Waals surface area contributed by atoms with Gasteiger partial charge in [-0.2, -0.15) is 13.2 Å². The van der Waals surface area contributed by atoms with Crippen molar-refractivity contribution in [1.82, 2.24) is 9.97 Å². The molecule has 0 saturated carbocycles. The van der Waals surface area contributed by atoms with E-state index >= 15 is 0 Å². The summed E-state index contributed by atoms with van der Waals surface area (Å²) in [4.78, 5) is 7.03. The first-order chi connectivity index (χ1) is 7.43. The smallest absolute Gasteiger partial charge is 0.353 e. The zero-order valence-electron chi connectivity index (χ0n) is 8.75. The number of halogens is 3. The van der Waals surface area contributed by atoms with Gasteiger partial charge in [0.15, 0.2) is 0 Å². The van der Waals surface area contributed by atoms with Gasteiger partial charge in [-0.1, -0.05) is 6.92 Å². The van der Waals surface area contributed by atoms with Gasteiger partial charge in [-0.25, -0.2) is 9.97 Å². The summed E-state index contributed by atoms with van der Waals surface area (Å²) in [7, 11) is 0. The average molecular weight is 234 g/mol. The molecule has 1 heterocycles. The zero-order chi connectivity index (χ0) is 12.2. The fraction of sp³-hybridized carbons (Fsp3) is 0.556. The van der Waals surface area contributed by atoms with Gasteiger partial charge in [0.1, 0.15) is 5.69 Å². The van der Waals surface area contributed by atoms with E-state index in [9.17, 15) is 13.2 Å². The maximum Gasteiger partial charge on any atom is 0.433 e. The van der Waals surface area contributed by atoms with Gasteiger partial charge in [-0.3, -0.25) is 0 Å². The topological polar surface area (TPSA) is 63.8 Å². The van der Waals surface area contributed by atoms with Crippen LogP contribution in [0.2, 0.25) is 0 Å². The van der Waals surface area contributed by atoms with E-state index in [0.717, 1.165) is 18.7 Å². The molecule has 0 aliphatic heterocycles. The van der Waals surface area contributed by atoms with Gasteiger partial charge in [-0.15, -0.1) is 0 Å². The van der Waals surface area contributed by atoms with E-state index < -0.39 is 11.9 Å². The molecule has 1 atom stereocenters. The molecule has 1 rings (SSSR count). The van der Waals surface area contributed by atoms with Gasteiger partial charge in [0.05, 0.1) is 0 Å². The van der Waals surface area contributed by atoms with Crippen molar-refractivity contribution in [3.05, 3.63) is 18.0 Å². The number of nitrogens with zero attached hydrogens (tertiary/aromatic N) is 2. The summed E-state index contributed by atoms with van der Waals surface area (Å²) in [6.07, 6.45) is -2.66. The predicted octanol–water partition coefficient (Wildman–Crippen LogP) is 1.64. The van der Waals surface area contributed by atoms with Crippen molar-refractivity contribution in [2.45, 2.75) is 25.6 Å². The van der Waals surface area contributed by atoms with Crippen molar-refractivity contribution in [2.24, 2.45) is 5.73 Å². The fourth-order valence-corrected chi connectivity index (χ4v) is 0.968. The van der Waals surface area contributed by atoms with Crippen LogP contribution in [0.4, 0.5) is 19.1 Å². The third-order valence-electron chi connectivity index (χ3n) is 1.99. The minimum absolute atomic E-state index is 0.0567. The van der Waals surface area contributed by atoms with Crippen molar-refractivity contribution in [3.8, 4) is 0 Å². The SMILES string of the molecule is CCC(N)CNc1nccc(C(F)(F)F)n1. The standard InChI is InChI=1S/C9H13F3N4/c1-2-6(13)5-15-8-14-4-3-7(16-8)9(10,11)12/h3-4,6H,2,5,13H2,1H3,(H,14,15,16). The van der Waals surface area contributed by atoms with Crippen LogP contribution < -0.4 is 11.1 Å². The molecule has 7 heteroatoms. The first-order valence-corrected chi connectivity index (χ1v) is 4.83. The molecular weight excluding hydrogens is 221 g/mol. The third-order valence-corrected chi connectivity index (χ3v) is 1.99. The Labute approximate surface area is 91.1 Å². The first kappa shape index (κ1) is 12.7. The van der Waals surface area contributed by atoms with Crippen molar-refractivity contribution < 1.29 is 13.2 Å². The van der Waals surface area contributed by atoms with Crippen LogP contribution in [-0.2, 0) is 6.18 Å². The van der Waals surface area contributed by atoms with Crippen LogP contribution in [0, 0.1) is 0 Å². The maximum atomic E-state index is 12.3. The summed E-state index contributed by atoms with van der Waals surface area (Å²) in [5, 5.41) is 2.66. The number of nitrogens with two attached hydrogens (primary N) is 1. The van der Waals surface area contributed by atoms with Crippen LogP contribution >= 0.6 is 0 Å². The quantitative estimate of drug-likeness (QED) is 0.831. The van der Waals surface area contributed by atoms with Crippen LogP contribution in [0.25, 0.3) is 0 Å². The van der Waals surface area contributed by atoms with Gasteiger partial charge in [0, 0.05) is 18.8 Å². The molecule has 0 saturated heterocycles. The Morgan fingerprint density at radius 1 is 1.50 bits per heavy atom. The lowest BCUT2D eigenvalue weighted by molar-refractivity contribution is -0.141. The highest BCUT2D eigenvalue weighted by Gasteiger charge is 2.32. The van der Waals surface area contributed by atoms with E-state index in [2.05, 4.69) is 15.3 Å². The zero-order valence-corrected chi connectivity index (χ0v) is 8.75. The monoisotopic (exact) mass is 234 g/mol. The molecule has 1 unspecified atom stereocenters. The molecule has 90 valence electrons. The molecule has 1 aromatic heterocycles. The summed E-state index contributed by atoms with van der Waals surface area (Å²) >= 11 is 0. The largest absolute Gasteiger partial charge is 0.433 e. The van der Waals surface area contributed by atoms with Crippen LogP contribution in [0.15, 0.2) is 12.3 Å². The average Bonchev–Trinajstić information content (AvgIpc) is 2.25.